The average molecular weight is 653 g/mol. The summed E-state index contributed by atoms with van der Waals surface area (Å²) in [5, 5.41) is 9.52. The molecule has 0 aliphatic heterocycles. The van der Waals surface area contributed by atoms with Gasteiger partial charge in [-0.2, -0.15) is 0 Å². The molecule has 0 fully saturated rings. The van der Waals surface area contributed by atoms with Crippen LogP contribution in [0, 0.1) is 13.8 Å². The first-order valence-electron chi connectivity index (χ1n) is 14.0. The maximum atomic E-state index is 13.4. The Morgan fingerprint density at radius 1 is 0.867 bits per heavy atom. The fraction of sp³-hybridized carbons (Fsp3) is 0.0857. The lowest BCUT2D eigenvalue weighted by Crippen LogP contribution is -2.30. The minimum absolute atomic E-state index is 0.0484. The average Bonchev–Trinajstić information content (AvgIpc) is 3.40. The topological polar surface area (TPSA) is 100 Å². The van der Waals surface area contributed by atoms with Gasteiger partial charge >= 0.3 is 0 Å². The maximum absolute atomic E-state index is 13.4. The van der Waals surface area contributed by atoms with Gasteiger partial charge in [0.2, 0.25) is 5.91 Å². The molecule has 0 spiro atoms. The molecule has 5 aromatic rings. The highest BCUT2D eigenvalue weighted by atomic mass is 35.5. The van der Waals surface area contributed by atoms with E-state index in [1.165, 1.54) is 28.7 Å². The molecule has 10 heteroatoms. The summed E-state index contributed by atoms with van der Waals surface area (Å²) in [6, 6.07) is 30.9. The van der Waals surface area contributed by atoms with E-state index in [1.807, 2.05) is 50.2 Å². The van der Waals surface area contributed by atoms with Crippen LogP contribution in [-0.2, 0) is 9.59 Å². The summed E-state index contributed by atoms with van der Waals surface area (Å²) < 4.78 is 0. The number of hydrogen-bond donors (Lipinski definition) is 3. The summed E-state index contributed by atoms with van der Waals surface area (Å²) in [7, 11) is 0. The summed E-state index contributed by atoms with van der Waals surface area (Å²) >= 11 is 8.91. The summed E-state index contributed by atoms with van der Waals surface area (Å²) in [5.41, 5.74) is 4.66. The standard InChI is InChI=1S/C35H29ClN4O3S2/c1-22-14-16-25(17-15-22)32-23(2)45-35(40-32)39-31(41)21-44-29-13-7-12-28(20-29)37-34(43)30(19-24-8-6-11-27(36)18-24)38-33(42)26-9-4-3-5-10-26/h3-20H,21H2,1-2H3,(H,37,43)(H,38,42)(H,39,40,41)/b30-19-. The lowest BCUT2D eigenvalue weighted by molar-refractivity contribution is -0.114. The van der Waals surface area contributed by atoms with Crippen LogP contribution in [0.5, 0.6) is 0 Å². The van der Waals surface area contributed by atoms with Crippen LogP contribution in [-0.4, -0.2) is 28.5 Å². The molecule has 0 radical (unpaired) electrons. The Labute approximate surface area is 274 Å². The van der Waals surface area contributed by atoms with Crippen LogP contribution in [0.15, 0.2) is 114 Å². The third-order valence-corrected chi connectivity index (χ3v) is 8.63. The minimum Gasteiger partial charge on any atom is -0.321 e. The molecule has 45 heavy (non-hydrogen) atoms. The highest BCUT2D eigenvalue weighted by molar-refractivity contribution is 8.00. The first-order chi connectivity index (χ1) is 21.7. The van der Waals surface area contributed by atoms with Gasteiger partial charge in [-0.05, 0) is 68.0 Å². The van der Waals surface area contributed by atoms with Gasteiger partial charge in [0.1, 0.15) is 5.70 Å². The molecule has 0 aliphatic carbocycles. The van der Waals surface area contributed by atoms with Crippen molar-refractivity contribution in [3.8, 4) is 11.3 Å². The van der Waals surface area contributed by atoms with Crippen LogP contribution in [0.3, 0.4) is 0 Å². The Balaban J connectivity index is 1.23. The van der Waals surface area contributed by atoms with Crippen LogP contribution in [0.2, 0.25) is 5.02 Å². The van der Waals surface area contributed by atoms with E-state index in [4.69, 9.17) is 11.6 Å². The molecule has 0 bridgehead atoms. The Hall–Kier alpha value is -4.70. The summed E-state index contributed by atoms with van der Waals surface area (Å²) in [6.45, 7) is 4.02. The number of rotatable bonds is 10. The molecule has 0 unspecified atom stereocenters. The number of aromatic nitrogens is 1. The van der Waals surface area contributed by atoms with E-state index < -0.39 is 11.8 Å². The molecule has 1 heterocycles. The van der Waals surface area contributed by atoms with E-state index in [1.54, 1.807) is 72.8 Å². The fourth-order valence-electron chi connectivity index (χ4n) is 4.30. The number of carbonyl (C=O) groups excluding carboxylic acids is 3. The summed E-state index contributed by atoms with van der Waals surface area (Å²) in [4.78, 5) is 45.5. The molecule has 0 atom stereocenters. The van der Waals surface area contributed by atoms with E-state index in [9.17, 15) is 14.4 Å². The third-order valence-electron chi connectivity index (χ3n) is 6.52. The van der Waals surface area contributed by atoms with Crippen LogP contribution in [0.4, 0.5) is 10.8 Å². The van der Waals surface area contributed by atoms with Crippen LogP contribution < -0.4 is 16.0 Å². The molecule has 3 N–H and O–H groups in total. The molecule has 226 valence electrons. The van der Waals surface area contributed by atoms with E-state index >= 15 is 0 Å². The van der Waals surface area contributed by atoms with Crippen molar-refractivity contribution in [2.75, 3.05) is 16.4 Å². The number of thioether (sulfide) groups is 1. The number of amides is 3. The predicted molar refractivity (Wildman–Crippen MR) is 185 cm³/mol. The van der Waals surface area contributed by atoms with E-state index in [-0.39, 0.29) is 17.4 Å². The molecule has 0 saturated carbocycles. The van der Waals surface area contributed by atoms with Gasteiger partial charge in [-0.3, -0.25) is 14.4 Å². The summed E-state index contributed by atoms with van der Waals surface area (Å²) in [6.07, 6.45) is 1.57. The number of nitrogens with zero attached hydrogens (tertiary/aromatic N) is 1. The van der Waals surface area contributed by atoms with Crippen molar-refractivity contribution in [2.24, 2.45) is 0 Å². The lowest BCUT2D eigenvalue weighted by atomic mass is 10.1. The summed E-state index contributed by atoms with van der Waals surface area (Å²) in [5.74, 6) is -0.962. The quantitative estimate of drug-likeness (QED) is 0.104. The molecule has 5 rings (SSSR count). The van der Waals surface area contributed by atoms with Crippen molar-refractivity contribution in [1.29, 1.82) is 0 Å². The van der Waals surface area contributed by atoms with Crippen molar-refractivity contribution >= 4 is 69.3 Å². The first kappa shape index (κ1) is 31.7. The van der Waals surface area contributed by atoms with Crippen molar-refractivity contribution in [3.63, 3.8) is 0 Å². The van der Waals surface area contributed by atoms with Crippen molar-refractivity contribution in [1.82, 2.24) is 10.3 Å². The highest BCUT2D eigenvalue weighted by Crippen LogP contribution is 2.31. The van der Waals surface area contributed by atoms with Gasteiger partial charge in [-0.1, -0.05) is 77.8 Å². The molecular formula is C35H29ClN4O3S2. The smallest absolute Gasteiger partial charge is 0.272 e. The van der Waals surface area contributed by atoms with Gasteiger partial charge < -0.3 is 16.0 Å². The first-order valence-corrected chi connectivity index (χ1v) is 16.1. The lowest BCUT2D eigenvalue weighted by Gasteiger charge is -2.12. The Kier molecular flexibility index (Phi) is 10.5. The van der Waals surface area contributed by atoms with Gasteiger partial charge in [0.05, 0.1) is 11.4 Å². The zero-order chi connectivity index (χ0) is 31.8. The monoisotopic (exact) mass is 652 g/mol. The largest absolute Gasteiger partial charge is 0.321 e. The van der Waals surface area contributed by atoms with Crippen LogP contribution in [0.1, 0.15) is 26.4 Å². The second-order valence-electron chi connectivity index (χ2n) is 10.0. The van der Waals surface area contributed by atoms with Gasteiger partial charge in [0.25, 0.3) is 11.8 Å². The van der Waals surface area contributed by atoms with Crippen molar-refractivity contribution in [2.45, 2.75) is 18.7 Å². The molecule has 4 aromatic carbocycles. The van der Waals surface area contributed by atoms with E-state index in [2.05, 4.69) is 20.9 Å². The van der Waals surface area contributed by atoms with E-state index in [0.29, 0.717) is 27.0 Å². The van der Waals surface area contributed by atoms with Gasteiger partial charge in [-0.25, -0.2) is 4.98 Å². The number of hydrogen-bond acceptors (Lipinski definition) is 6. The molecule has 3 amide bonds. The Morgan fingerprint density at radius 2 is 1.62 bits per heavy atom. The molecule has 1 aromatic heterocycles. The number of carbonyl (C=O) groups is 3. The van der Waals surface area contributed by atoms with Crippen LogP contribution >= 0.6 is 34.7 Å². The van der Waals surface area contributed by atoms with Gasteiger partial charge in [0.15, 0.2) is 5.13 Å². The second kappa shape index (κ2) is 14.9. The Bertz CT molecular complexity index is 1870. The molecule has 0 saturated heterocycles. The minimum atomic E-state index is -0.511. The maximum Gasteiger partial charge on any atom is 0.272 e. The number of anilines is 2. The highest BCUT2D eigenvalue weighted by Gasteiger charge is 2.16. The molecular weight excluding hydrogens is 624 g/mol. The number of aryl methyl sites for hydroxylation is 2. The van der Waals surface area contributed by atoms with Gasteiger partial charge in [-0.15, -0.1) is 23.1 Å². The molecule has 7 nitrogen and oxygen atoms in total. The zero-order valence-corrected chi connectivity index (χ0v) is 26.9. The third kappa shape index (κ3) is 8.92. The van der Waals surface area contributed by atoms with Crippen molar-refractivity contribution < 1.29 is 14.4 Å². The normalized spacial score (nSPS) is 11.1. The van der Waals surface area contributed by atoms with Crippen molar-refractivity contribution in [3.05, 3.63) is 135 Å². The SMILES string of the molecule is Cc1ccc(-c2nc(NC(=O)CSc3cccc(NC(=O)/C(=C/c4cccc(Cl)c4)NC(=O)c4ccccc4)c3)sc2C)cc1. The number of nitrogens with one attached hydrogen (secondary N) is 3. The zero-order valence-electron chi connectivity index (χ0n) is 24.5. The number of benzene rings is 4. The predicted octanol–water partition coefficient (Wildman–Crippen LogP) is 8.22. The van der Waals surface area contributed by atoms with Crippen LogP contribution in [0.25, 0.3) is 17.3 Å². The molecule has 0 aliphatic rings. The second-order valence-corrected chi connectivity index (χ2v) is 12.7. The van der Waals surface area contributed by atoms with Gasteiger partial charge in [0, 0.05) is 31.6 Å². The fourth-order valence-corrected chi connectivity index (χ4v) is 6.11. The van der Waals surface area contributed by atoms with E-state index in [0.717, 1.165) is 21.0 Å². The number of thiazole rings is 1. The Morgan fingerprint density at radius 3 is 2.38 bits per heavy atom. The number of halogens is 1.